The fourth-order valence-corrected chi connectivity index (χ4v) is 8.72. The van der Waals surface area contributed by atoms with Crippen LogP contribution in [0.15, 0.2) is 194 Å². The molecule has 262 valence electrons. The summed E-state index contributed by atoms with van der Waals surface area (Å²) in [6.45, 7) is 0. The minimum absolute atomic E-state index is 0.00319. The van der Waals surface area contributed by atoms with E-state index in [1.165, 1.54) is 4.57 Å². The molecule has 0 N–H and O–H groups in total. The predicted molar refractivity (Wildman–Crippen MR) is 234 cm³/mol. The Balaban J connectivity index is 1.25. The van der Waals surface area contributed by atoms with Crippen LogP contribution in [-0.4, -0.2) is 19.5 Å². The highest BCUT2D eigenvalue weighted by molar-refractivity contribution is 7.26. The summed E-state index contributed by atoms with van der Waals surface area (Å²) in [6.07, 6.45) is 0. The van der Waals surface area contributed by atoms with Gasteiger partial charge in [0.1, 0.15) is 0 Å². The molecule has 56 heavy (non-hydrogen) atoms. The van der Waals surface area contributed by atoms with Gasteiger partial charge in [0.05, 0.1) is 27.7 Å². The zero-order valence-electron chi connectivity index (χ0n) is 37.6. The van der Waals surface area contributed by atoms with Crippen LogP contribution < -0.4 is 0 Å². The van der Waals surface area contributed by atoms with Crippen LogP contribution in [0.1, 0.15) is 11.0 Å². The summed E-state index contributed by atoms with van der Waals surface area (Å²) in [4.78, 5) is 15.2. The Hall–Kier alpha value is -7.21. The molecular weight excluding hydrogens is 701 g/mol. The van der Waals surface area contributed by atoms with Gasteiger partial charge in [-0.2, -0.15) is 0 Å². The summed E-state index contributed by atoms with van der Waals surface area (Å²) in [6, 6.07) is 44.2. The maximum Gasteiger partial charge on any atom is 0.166 e. The molecule has 0 unspecified atom stereocenters. The highest BCUT2D eigenvalue weighted by Gasteiger charge is 2.21. The Morgan fingerprint density at radius 1 is 0.411 bits per heavy atom. The summed E-state index contributed by atoms with van der Waals surface area (Å²) >= 11 is 1.69. The van der Waals surface area contributed by atoms with Crippen LogP contribution in [0, 0.1) is 0 Å². The van der Waals surface area contributed by atoms with E-state index in [2.05, 4.69) is 42.5 Å². The minimum atomic E-state index is -0.510. The normalized spacial score (nSPS) is 13.6. The van der Waals surface area contributed by atoms with Crippen molar-refractivity contribution in [1.82, 2.24) is 19.5 Å². The SMILES string of the molecule is [2H]c1c([2H])c([2H])c2c(c1[2H])c1c([2H])c([2H])c([2H])c([2H])c1n2-c1ccc(-c2cccc3c2sc2ccc(-c4ccccc4)cc23)cc1-c1nc(-c2ccccc2)nc(-c2ccccc2)n1. The van der Waals surface area contributed by atoms with Crippen LogP contribution >= 0.6 is 11.3 Å². The topological polar surface area (TPSA) is 43.6 Å². The van der Waals surface area contributed by atoms with Gasteiger partial charge >= 0.3 is 0 Å². The highest BCUT2D eigenvalue weighted by atomic mass is 32.1. The number of thiophene rings is 1. The van der Waals surface area contributed by atoms with Crippen molar-refractivity contribution in [3.63, 3.8) is 0 Å². The van der Waals surface area contributed by atoms with Crippen LogP contribution in [0.25, 0.3) is 104 Å². The zero-order chi connectivity index (χ0) is 44.0. The fraction of sp³-hybridized carbons (Fsp3) is 0. The first-order valence-corrected chi connectivity index (χ1v) is 18.9. The van der Waals surface area contributed by atoms with Gasteiger partial charge in [-0.25, -0.2) is 15.0 Å². The summed E-state index contributed by atoms with van der Waals surface area (Å²) in [5, 5.41) is 2.19. The van der Waals surface area contributed by atoms with Crippen molar-refractivity contribution in [2.45, 2.75) is 0 Å². The second-order valence-corrected chi connectivity index (χ2v) is 14.5. The molecule has 11 aromatic rings. The molecule has 0 spiro atoms. The molecule has 8 aromatic carbocycles. The van der Waals surface area contributed by atoms with E-state index >= 15 is 0 Å². The molecule has 0 aliphatic rings. The third-order valence-electron chi connectivity index (χ3n) is 10.1. The Kier molecular flexibility index (Phi) is 5.92. The Morgan fingerprint density at radius 2 is 0.982 bits per heavy atom. The number of fused-ring (bicyclic) bond motifs is 6. The predicted octanol–water partition coefficient (Wildman–Crippen LogP) is 13.7. The van der Waals surface area contributed by atoms with E-state index in [0.29, 0.717) is 22.9 Å². The van der Waals surface area contributed by atoms with Gasteiger partial charge in [-0.3, -0.25) is 0 Å². The molecule has 11 rings (SSSR count). The molecule has 4 nitrogen and oxygen atoms in total. The first-order valence-electron chi connectivity index (χ1n) is 22.1. The van der Waals surface area contributed by atoms with Gasteiger partial charge in [-0.15, -0.1) is 11.3 Å². The maximum absolute atomic E-state index is 9.29. The summed E-state index contributed by atoms with van der Waals surface area (Å²) in [5.74, 6) is 1.04. The highest BCUT2D eigenvalue weighted by Crippen LogP contribution is 2.44. The Bertz CT molecular complexity index is 3570. The number of hydrogen-bond acceptors (Lipinski definition) is 4. The van der Waals surface area contributed by atoms with Crippen molar-refractivity contribution >= 4 is 53.3 Å². The van der Waals surface area contributed by atoms with Gasteiger partial charge < -0.3 is 4.57 Å². The molecule has 0 saturated heterocycles. The summed E-state index contributed by atoms with van der Waals surface area (Å²) in [7, 11) is 0. The van der Waals surface area contributed by atoms with Gasteiger partial charge in [-0.05, 0) is 58.6 Å². The van der Waals surface area contributed by atoms with Gasteiger partial charge in [0.15, 0.2) is 17.5 Å². The van der Waals surface area contributed by atoms with Gasteiger partial charge in [-0.1, -0.05) is 158 Å². The van der Waals surface area contributed by atoms with Crippen LogP contribution in [0.3, 0.4) is 0 Å². The maximum atomic E-state index is 9.29. The molecule has 5 heteroatoms. The largest absolute Gasteiger partial charge is 0.309 e. The number of hydrogen-bond donors (Lipinski definition) is 0. The summed E-state index contributed by atoms with van der Waals surface area (Å²) in [5.41, 5.74) is 6.28. The molecule has 0 aliphatic carbocycles. The molecule has 3 heterocycles. The second kappa shape index (κ2) is 13.3. The molecule has 0 saturated carbocycles. The van der Waals surface area contributed by atoms with E-state index in [1.807, 2.05) is 103 Å². The fourth-order valence-electron chi connectivity index (χ4n) is 7.50. The zero-order valence-corrected chi connectivity index (χ0v) is 30.4. The van der Waals surface area contributed by atoms with Crippen molar-refractivity contribution in [3.05, 3.63) is 194 Å². The van der Waals surface area contributed by atoms with Crippen molar-refractivity contribution in [2.75, 3.05) is 0 Å². The van der Waals surface area contributed by atoms with Crippen LogP contribution in [0.4, 0.5) is 0 Å². The average molecular weight is 741 g/mol. The lowest BCUT2D eigenvalue weighted by Crippen LogP contribution is -2.04. The number of rotatable bonds is 6. The van der Waals surface area contributed by atoms with Gasteiger partial charge in [0.2, 0.25) is 0 Å². The summed E-state index contributed by atoms with van der Waals surface area (Å²) < 4.78 is 75.3. The van der Waals surface area contributed by atoms with E-state index in [4.69, 9.17) is 23.2 Å². The van der Waals surface area contributed by atoms with E-state index in [0.717, 1.165) is 53.6 Å². The Labute approximate surface area is 338 Å². The third-order valence-corrected chi connectivity index (χ3v) is 11.3. The Morgan fingerprint density at radius 3 is 1.62 bits per heavy atom. The van der Waals surface area contributed by atoms with E-state index < -0.39 is 48.3 Å². The molecule has 0 amide bonds. The van der Waals surface area contributed by atoms with E-state index in [9.17, 15) is 2.74 Å². The van der Waals surface area contributed by atoms with Crippen molar-refractivity contribution in [1.29, 1.82) is 0 Å². The number of para-hydroxylation sites is 2. The number of benzene rings is 8. The minimum Gasteiger partial charge on any atom is -0.309 e. The van der Waals surface area contributed by atoms with Crippen LogP contribution in [0.2, 0.25) is 0 Å². The average Bonchev–Trinajstić information content (AvgIpc) is 3.91. The molecule has 0 bridgehead atoms. The standard InChI is InChI=1S/C51H32N4S/c1-4-15-33(16-5-1)36-28-30-47-42(31-36)41-24-14-23-38(48(41)56-47)37-27-29-46(55-44-25-12-10-21-39(44)40-22-11-13-26-45(40)55)43(32-37)51-53-49(34-17-6-2-7-18-34)52-50(54-51)35-19-8-3-9-20-35/h1-32H/i10D,11D,12D,13D,21D,22D,25D,26D. The lowest BCUT2D eigenvalue weighted by molar-refractivity contribution is 1.06. The lowest BCUT2D eigenvalue weighted by Gasteiger charge is -2.16. The molecule has 0 radical (unpaired) electrons. The second-order valence-electron chi connectivity index (χ2n) is 13.4. The van der Waals surface area contributed by atoms with Gasteiger partial charge in [0.25, 0.3) is 0 Å². The van der Waals surface area contributed by atoms with Crippen molar-refractivity contribution < 1.29 is 11.0 Å². The lowest BCUT2D eigenvalue weighted by atomic mass is 9.98. The third kappa shape index (κ3) is 5.40. The first-order chi connectivity index (χ1) is 31.1. The molecule has 3 aromatic heterocycles. The molecule has 0 fully saturated rings. The monoisotopic (exact) mass is 740 g/mol. The number of nitrogens with zero attached hydrogens (tertiary/aromatic N) is 4. The van der Waals surface area contributed by atoms with Crippen molar-refractivity contribution in [2.24, 2.45) is 0 Å². The van der Waals surface area contributed by atoms with Gasteiger partial charge in [0, 0.05) is 47.6 Å². The smallest absolute Gasteiger partial charge is 0.166 e. The van der Waals surface area contributed by atoms with Crippen LogP contribution in [0.5, 0.6) is 0 Å². The molecular formula is C51H32N4S. The molecule has 0 atom stereocenters. The quantitative estimate of drug-likeness (QED) is 0.170. The van der Waals surface area contributed by atoms with Crippen LogP contribution in [-0.2, 0) is 0 Å². The first kappa shape index (κ1) is 25.0. The number of aromatic nitrogens is 4. The molecule has 0 aliphatic heterocycles. The van der Waals surface area contributed by atoms with E-state index in [1.54, 1.807) is 11.3 Å². The van der Waals surface area contributed by atoms with E-state index in [-0.39, 0.29) is 27.6 Å². The van der Waals surface area contributed by atoms with Crippen molar-refractivity contribution in [3.8, 4) is 62.1 Å².